The molecule has 0 spiro atoms. The molecule has 0 unspecified atom stereocenters. The number of benzene rings is 1. The van der Waals surface area contributed by atoms with Gasteiger partial charge >= 0.3 is 6.09 Å². The predicted molar refractivity (Wildman–Crippen MR) is 99.6 cm³/mol. The molecule has 140 valence electrons. The first-order valence-corrected chi connectivity index (χ1v) is 8.72. The average Bonchev–Trinajstić information content (AvgIpc) is 2.61. The minimum Gasteiger partial charge on any atom is -0.447 e. The SMILES string of the molecule is CCCCCC#CCCOC(=O)NNC(=O)/C=C/c1ccc(F)cc1Cl. The molecule has 0 aliphatic rings. The molecule has 7 heteroatoms. The fraction of sp³-hybridized carbons (Fsp3) is 0.368. The number of amides is 2. The fourth-order valence-corrected chi connectivity index (χ4v) is 2.06. The summed E-state index contributed by atoms with van der Waals surface area (Å²) in [5.74, 6) is 4.88. The molecule has 0 aliphatic carbocycles. The van der Waals surface area contributed by atoms with E-state index in [0.29, 0.717) is 12.0 Å². The summed E-state index contributed by atoms with van der Waals surface area (Å²) in [4.78, 5) is 23.0. The number of hydrazine groups is 1. The quantitative estimate of drug-likeness (QED) is 0.322. The van der Waals surface area contributed by atoms with Crippen LogP contribution in [0.2, 0.25) is 5.02 Å². The van der Waals surface area contributed by atoms with E-state index in [-0.39, 0.29) is 11.6 Å². The molecular formula is C19H22ClFN2O3. The van der Waals surface area contributed by atoms with Crippen LogP contribution in [0.4, 0.5) is 9.18 Å². The highest BCUT2D eigenvalue weighted by Crippen LogP contribution is 2.18. The van der Waals surface area contributed by atoms with Crippen molar-refractivity contribution in [1.82, 2.24) is 10.9 Å². The lowest BCUT2D eigenvalue weighted by molar-refractivity contribution is -0.117. The van der Waals surface area contributed by atoms with Crippen LogP contribution in [0.15, 0.2) is 24.3 Å². The van der Waals surface area contributed by atoms with Crippen LogP contribution in [0, 0.1) is 17.7 Å². The summed E-state index contributed by atoms with van der Waals surface area (Å²) < 4.78 is 17.8. The van der Waals surface area contributed by atoms with Gasteiger partial charge in [-0.25, -0.2) is 14.6 Å². The second-order valence-corrected chi connectivity index (χ2v) is 5.72. The van der Waals surface area contributed by atoms with E-state index in [2.05, 4.69) is 29.6 Å². The van der Waals surface area contributed by atoms with E-state index in [1.807, 2.05) is 0 Å². The number of unbranched alkanes of at least 4 members (excludes halogenated alkanes) is 3. The largest absolute Gasteiger partial charge is 0.447 e. The first-order valence-electron chi connectivity index (χ1n) is 8.34. The Hall–Kier alpha value is -2.52. The fourth-order valence-electron chi connectivity index (χ4n) is 1.83. The molecule has 1 aromatic carbocycles. The number of carbonyl (C=O) groups is 2. The summed E-state index contributed by atoms with van der Waals surface area (Å²) in [6, 6.07) is 3.81. The number of halogens is 2. The maximum atomic E-state index is 12.9. The number of hydrogen-bond donors (Lipinski definition) is 2. The number of hydrogen-bond acceptors (Lipinski definition) is 3. The zero-order valence-corrected chi connectivity index (χ0v) is 15.4. The third kappa shape index (κ3) is 9.70. The number of nitrogens with one attached hydrogen (secondary N) is 2. The van der Waals surface area contributed by atoms with E-state index < -0.39 is 17.8 Å². The van der Waals surface area contributed by atoms with Crippen LogP contribution >= 0.6 is 11.6 Å². The molecule has 5 nitrogen and oxygen atoms in total. The normalized spacial score (nSPS) is 10.1. The van der Waals surface area contributed by atoms with Crippen LogP contribution in [0.3, 0.4) is 0 Å². The van der Waals surface area contributed by atoms with E-state index in [0.717, 1.165) is 37.8 Å². The molecule has 0 aromatic heterocycles. The van der Waals surface area contributed by atoms with Crippen LogP contribution in [0.5, 0.6) is 0 Å². The van der Waals surface area contributed by atoms with Gasteiger partial charge in [0.05, 0.1) is 5.02 Å². The van der Waals surface area contributed by atoms with Gasteiger partial charge in [0.25, 0.3) is 5.91 Å². The van der Waals surface area contributed by atoms with Crippen molar-refractivity contribution in [3.63, 3.8) is 0 Å². The van der Waals surface area contributed by atoms with Gasteiger partial charge in [-0.3, -0.25) is 10.2 Å². The molecule has 1 rings (SSSR count). The lowest BCUT2D eigenvalue weighted by atomic mass is 10.2. The molecule has 26 heavy (non-hydrogen) atoms. The van der Waals surface area contributed by atoms with Crippen LogP contribution in [0.25, 0.3) is 6.08 Å². The van der Waals surface area contributed by atoms with Gasteiger partial charge in [-0.05, 0) is 30.2 Å². The lowest BCUT2D eigenvalue weighted by Crippen LogP contribution is -2.41. The molecule has 0 atom stereocenters. The zero-order valence-electron chi connectivity index (χ0n) is 14.6. The van der Waals surface area contributed by atoms with E-state index >= 15 is 0 Å². The van der Waals surface area contributed by atoms with Gasteiger partial charge in [0.15, 0.2) is 0 Å². The molecule has 2 N–H and O–H groups in total. The highest BCUT2D eigenvalue weighted by molar-refractivity contribution is 6.32. The first kappa shape index (κ1) is 21.5. The second kappa shape index (κ2) is 12.8. The van der Waals surface area contributed by atoms with E-state index in [9.17, 15) is 14.0 Å². The molecule has 2 amide bonds. The van der Waals surface area contributed by atoms with Gasteiger partial charge in [0.2, 0.25) is 0 Å². The smallest absolute Gasteiger partial charge is 0.426 e. The minimum absolute atomic E-state index is 0.142. The maximum Gasteiger partial charge on any atom is 0.426 e. The Balaban J connectivity index is 2.21. The molecular weight excluding hydrogens is 359 g/mol. The molecule has 1 aromatic rings. The summed E-state index contributed by atoms with van der Waals surface area (Å²) >= 11 is 5.84. The third-order valence-electron chi connectivity index (χ3n) is 3.16. The average molecular weight is 381 g/mol. The van der Waals surface area contributed by atoms with Crippen molar-refractivity contribution < 1.29 is 18.7 Å². The van der Waals surface area contributed by atoms with Crippen molar-refractivity contribution in [3.05, 3.63) is 40.7 Å². The third-order valence-corrected chi connectivity index (χ3v) is 3.48. The van der Waals surface area contributed by atoms with Crippen LogP contribution in [-0.2, 0) is 9.53 Å². The Morgan fingerprint density at radius 3 is 2.73 bits per heavy atom. The van der Waals surface area contributed by atoms with Crippen molar-refractivity contribution in [2.75, 3.05) is 6.61 Å². The molecule has 0 heterocycles. The highest BCUT2D eigenvalue weighted by Gasteiger charge is 2.03. The molecule has 0 saturated carbocycles. The maximum absolute atomic E-state index is 12.9. The van der Waals surface area contributed by atoms with Gasteiger partial charge in [-0.1, -0.05) is 43.4 Å². The summed E-state index contributed by atoms with van der Waals surface area (Å²) in [6.07, 6.45) is 6.46. The van der Waals surface area contributed by atoms with E-state index in [1.165, 1.54) is 18.2 Å². The second-order valence-electron chi connectivity index (χ2n) is 5.31. The lowest BCUT2D eigenvalue weighted by Gasteiger charge is -2.05. The molecule has 0 radical (unpaired) electrons. The first-order chi connectivity index (χ1) is 12.5. The van der Waals surface area contributed by atoms with E-state index in [1.54, 1.807) is 0 Å². The Kier molecular flexibility index (Phi) is 10.6. The number of carbonyl (C=O) groups excluding carboxylic acids is 2. The monoisotopic (exact) mass is 380 g/mol. The predicted octanol–water partition coefficient (Wildman–Crippen LogP) is 4.22. The topological polar surface area (TPSA) is 67.4 Å². The Morgan fingerprint density at radius 2 is 2.00 bits per heavy atom. The summed E-state index contributed by atoms with van der Waals surface area (Å²) in [7, 11) is 0. The summed E-state index contributed by atoms with van der Waals surface area (Å²) in [6.45, 7) is 2.27. The summed E-state index contributed by atoms with van der Waals surface area (Å²) in [5, 5.41) is 0.178. The van der Waals surface area contributed by atoms with Crippen molar-refractivity contribution in [2.24, 2.45) is 0 Å². The van der Waals surface area contributed by atoms with Crippen LogP contribution in [0.1, 0.15) is 44.6 Å². The van der Waals surface area contributed by atoms with Gasteiger partial charge in [-0.2, -0.15) is 0 Å². The van der Waals surface area contributed by atoms with Gasteiger partial charge in [-0.15, -0.1) is 5.92 Å². The Labute approximate surface area is 157 Å². The van der Waals surface area contributed by atoms with Crippen molar-refractivity contribution in [3.8, 4) is 11.8 Å². The van der Waals surface area contributed by atoms with Crippen molar-refractivity contribution >= 4 is 29.7 Å². The Morgan fingerprint density at radius 1 is 1.23 bits per heavy atom. The summed E-state index contributed by atoms with van der Waals surface area (Å²) in [5.41, 5.74) is 4.74. The molecule has 0 aliphatic heterocycles. The van der Waals surface area contributed by atoms with Crippen molar-refractivity contribution in [1.29, 1.82) is 0 Å². The minimum atomic E-state index is -0.778. The number of ether oxygens (including phenoxy) is 1. The standard InChI is InChI=1S/C19H22ClFN2O3/c1-2-3-4-5-6-7-8-13-26-19(25)23-22-18(24)12-10-15-9-11-16(21)14-17(15)20/h9-12,14H,2-5,8,13H2,1H3,(H,22,24)(H,23,25)/b12-10+. The molecule has 0 fully saturated rings. The molecule has 0 saturated heterocycles. The highest BCUT2D eigenvalue weighted by atomic mass is 35.5. The zero-order chi connectivity index (χ0) is 19.2. The van der Waals surface area contributed by atoms with Gasteiger partial charge in [0.1, 0.15) is 12.4 Å². The Bertz CT molecular complexity index is 696. The van der Waals surface area contributed by atoms with E-state index in [4.69, 9.17) is 16.3 Å². The number of rotatable bonds is 7. The van der Waals surface area contributed by atoms with Crippen LogP contribution in [-0.4, -0.2) is 18.6 Å². The molecule has 0 bridgehead atoms. The van der Waals surface area contributed by atoms with Crippen molar-refractivity contribution in [2.45, 2.75) is 39.0 Å². The van der Waals surface area contributed by atoms with Crippen LogP contribution < -0.4 is 10.9 Å². The van der Waals surface area contributed by atoms with Gasteiger partial charge in [0, 0.05) is 18.9 Å². The van der Waals surface area contributed by atoms with Gasteiger partial charge < -0.3 is 4.74 Å².